The average molecular weight is 225 g/mol. The lowest BCUT2D eigenvalue weighted by atomic mass is 10.3. The summed E-state index contributed by atoms with van der Waals surface area (Å²) in [5.41, 5.74) is 0.485. The van der Waals surface area contributed by atoms with Crippen LogP contribution in [0.5, 0.6) is 0 Å². The van der Waals surface area contributed by atoms with Crippen molar-refractivity contribution < 1.29 is 9.90 Å². The summed E-state index contributed by atoms with van der Waals surface area (Å²) in [4.78, 5) is 10.6. The molecule has 0 aliphatic rings. The first-order valence-corrected chi connectivity index (χ1v) is 4.90. The molecule has 0 aliphatic heterocycles. The van der Waals surface area contributed by atoms with Crippen molar-refractivity contribution >= 4 is 17.3 Å². The minimum absolute atomic E-state index is 0.133. The van der Waals surface area contributed by atoms with Gasteiger partial charge in [0.15, 0.2) is 0 Å². The zero-order valence-electron chi connectivity index (χ0n) is 7.78. The molecule has 15 heavy (non-hydrogen) atoms. The normalized spacial score (nSPS) is 10.5. The van der Waals surface area contributed by atoms with Gasteiger partial charge < -0.3 is 5.11 Å². The molecule has 1 N–H and O–H groups in total. The van der Waals surface area contributed by atoms with Gasteiger partial charge in [0, 0.05) is 0 Å². The van der Waals surface area contributed by atoms with E-state index in [1.54, 1.807) is 0 Å². The molecule has 2 rings (SSSR count). The molecule has 7 nitrogen and oxygen atoms in total. The number of hydrogen-bond acceptors (Lipinski definition) is 6. The molecule has 0 saturated heterocycles. The molecule has 2 heterocycles. The van der Waals surface area contributed by atoms with Gasteiger partial charge in [-0.15, -0.1) is 15.3 Å². The fourth-order valence-electron chi connectivity index (χ4n) is 1.06. The molecule has 0 atom stereocenters. The van der Waals surface area contributed by atoms with Crippen molar-refractivity contribution in [1.82, 2.24) is 25.2 Å². The van der Waals surface area contributed by atoms with Gasteiger partial charge in [0.2, 0.25) is 5.13 Å². The maximum absolute atomic E-state index is 10.6. The van der Waals surface area contributed by atoms with Crippen LogP contribution in [-0.2, 0) is 11.2 Å². The molecule has 78 valence electrons. The third-order valence-electron chi connectivity index (χ3n) is 1.65. The summed E-state index contributed by atoms with van der Waals surface area (Å²) in [6, 6.07) is 0. The number of aliphatic carboxylic acids is 1. The Morgan fingerprint density at radius 2 is 2.40 bits per heavy atom. The first kappa shape index (κ1) is 9.71. The second-order valence-electron chi connectivity index (χ2n) is 2.81. The minimum atomic E-state index is -0.931. The van der Waals surface area contributed by atoms with Crippen molar-refractivity contribution in [2.75, 3.05) is 0 Å². The van der Waals surface area contributed by atoms with Crippen LogP contribution in [-0.4, -0.2) is 36.3 Å². The SMILES string of the molecule is Cc1nnc(-n2nncc2CC(=O)O)s1. The first-order valence-electron chi connectivity index (χ1n) is 4.08. The molecular weight excluding hydrogens is 218 g/mol. The summed E-state index contributed by atoms with van der Waals surface area (Å²) >= 11 is 1.33. The van der Waals surface area contributed by atoms with Crippen LogP contribution in [0.1, 0.15) is 10.7 Å². The summed E-state index contributed by atoms with van der Waals surface area (Å²) in [5.74, 6) is -0.931. The van der Waals surface area contributed by atoms with Crippen LogP contribution >= 0.6 is 11.3 Å². The molecule has 0 fully saturated rings. The van der Waals surface area contributed by atoms with Gasteiger partial charge in [0.05, 0.1) is 18.3 Å². The summed E-state index contributed by atoms with van der Waals surface area (Å²) in [6.45, 7) is 1.81. The van der Waals surface area contributed by atoms with E-state index < -0.39 is 5.97 Å². The second-order valence-corrected chi connectivity index (χ2v) is 3.97. The van der Waals surface area contributed by atoms with Crippen molar-refractivity contribution in [2.45, 2.75) is 13.3 Å². The van der Waals surface area contributed by atoms with Gasteiger partial charge in [-0.05, 0) is 6.92 Å². The van der Waals surface area contributed by atoms with E-state index in [-0.39, 0.29) is 6.42 Å². The Morgan fingerprint density at radius 3 is 3.00 bits per heavy atom. The topological polar surface area (TPSA) is 93.8 Å². The fourth-order valence-corrected chi connectivity index (χ4v) is 1.73. The predicted octanol–water partition coefficient (Wildman–Crippen LogP) is 0.0543. The number of carboxylic acids is 1. The highest BCUT2D eigenvalue weighted by Gasteiger charge is 2.12. The number of aromatic nitrogens is 5. The Hall–Kier alpha value is -1.83. The van der Waals surface area contributed by atoms with Gasteiger partial charge in [-0.1, -0.05) is 16.6 Å². The standard InChI is InChI=1S/C7H7N5O2S/c1-4-9-10-7(15-4)12-5(2-6(13)14)3-8-11-12/h3H,2H2,1H3,(H,13,14). The molecule has 0 radical (unpaired) electrons. The highest BCUT2D eigenvalue weighted by Crippen LogP contribution is 2.14. The van der Waals surface area contributed by atoms with E-state index in [2.05, 4.69) is 20.5 Å². The smallest absolute Gasteiger partial charge is 0.309 e. The van der Waals surface area contributed by atoms with E-state index in [9.17, 15) is 4.79 Å². The maximum atomic E-state index is 10.6. The van der Waals surface area contributed by atoms with Gasteiger partial charge in [-0.25, -0.2) is 0 Å². The summed E-state index contributed by atoms with van der Waals surface area (Å²) in [7, 11) is 0. The van der Waals surface area contributed by atoms with Crippen molar-refractivity contribution in [2.24, 2.45) is 0 Å². The van der Waals surface area contributed by atoms with Crippen LogP contribution in [0.4, 0.5) is 0 Å². The third-order valence-corrected chi connectivity index (χ3v) is 2.46. The molecule has 2 aromatic rings. The lowest BCUT2D eigenvalue weighted by Crippen LogP contribution is -2.07. The van der Waals surface area contributed by atoms with E-state index in [1.165, 1.54) is 22.2 Å². The summed E-state index contributed by atoms with van der Waals surface area (Å²) in [5, 5.41) is 25.1. The van der Waals surface area contributed by atoms with Crippen LogP contribution in [0.2, 0.25) is 0 Å². The largest absolute Gasteiger partial charge is 0.481 e. The fraction of sp³-hybridized carbons (Fsp3) is 0.286. The molecule has 0 bridgehead atoms. The van der Waals surface area contributed by atoms with Crippen LogP contribution < -0.4 is 0 Å². The Balaban J connectivity index is 2.36. The van der Waals surface area contributed by atoms with Crippen LogP contribution in [0.25, 0.3) is 5.13 Å². The molecule has 0 aromatic carbocycles. The van der Waals surface area contributed by atoms with Gasteiger partial charge in [-0.2, -0.15) is 4.68 Å². The monoisotopic (exact) mass is 225 g/mol. The van der Waals surface area contributed by atoms with Crippen LogP contribution in [0.3, 0.4) is 0 Å². The number of carbonyl (C=O) groups is 1. The Morgan fingerprint density at radius 1 is 1.60 bits per heavy atom. The first-order chi connectivity index (χ1) is 7.16. The highest BCUT2D eigenvalue weighted by atomic mass is 32.1. The van der Waals surface area contributed by atoms with Crippen molar-refractivity contribution in [1.29, 1.82) is 0 Å². The van der Waals surface area contributed by atoms with Crippen LogP contribution in [0, 0.1) is 6.92 Å². The number of nitrogens with zero attached hydrogens (tertiary/aromatic N) is 5. The van der Waals surface area contributed by atoms with Crippen molar-refractivity contribution in [3.05, 3.63) is 16.9 Å². The minimum Gasteiger partial charge on any atom is -0.481 e. The Bertz CT molecular complexity index is 491. The third kappa shape index (κ3) is 1.99. The van der Waals surface area contributed by atoms with E-state index in [0.29, 0.717) is 10.8 Å². The molecule has 0 saturated carbocycles. The zero-order valence-corrected chi connectivity index (χ0v) is 8.60. The van der Waals surface area contributed by atoms with Gasteiger partial charge in [0.1, 0.15) is 5.01 Å². The zero-order chi connectivity index (χ0) is 10.8. The number of carboxylic acid groups (broad SMARTS) is 1. The molecule has 2 aromatic heterocycles. The van der Waals surface area contributed by atoms with Crippen LogP contribution in [0.15, 0.2) is 6.20 Å². The van der Waals surface area contributed by atoms with Gasteiger partial charge in [0.25, 0.3) is 0 Å². The van der Waals surface area contributed by atoms with E-state index >= 15 is 0 Å². The number of aryl methyl sites for hydroxylation is 1. The predicted molar refractivity (Wildman–Crippen MR) is 50.9 cm³/mol. The lowest BCUT2D eigenvalue weighted by Gasteiger charge is -1.97. The quantitative estimate of drug-likeness (QED) is 0.793. The highest BCUT2D eigenvalue weighted by molar-refractivity contribution is 7.13. The lowest BCUT2D eigenvalue weighted by molar-refractivity contribution is -0.136. The molecule has 0 amide bonds. The second kappa shape index (κ2) is 3.73. The molecule has 0 aliphatic carbocycles. The molecule has 0 spiro atoms. The number of hydrogen-bond donors (Lipinski definition) is 1. The Labute approximate surface area is 88.4 Å². The molecule has 0 unspecified atom stereocenters. The molecular formula is C7H7N5O2S. The number of rotatable bonds is 3. The summed E-state index contributed by atoms with van der Waals surface area (Å²) in [6.07, 6.45) is 1.27. The molecule has 8 heteroatoms. The average Bonchev–Trinajstić information content (AvgIpc) is 2.72. The van der Waals surface area contributed by atoms with Crippen molar-refractivity contribution in [3.8, 4) is 5.13 Å². The van der Waals surface area contributed by atoms with E-state index in [1.807, 2.05) is 6.92 Å². The van der Waals surface area contributed by atoms with E-state index in [0.717, 1.165) is 5.01 Å². The maximum Gasteiger partial charge on any atom is 0.309 e. The van der Waals surface area contributed by atoms with Gasteiger partial charge >= 0.3 is 5.97 Å². The van der Waals surface area contributed by atoms with Gasteiger partial charge in [-0.3, -0.25) is 4.79 Å². The Kier molecular flexibility index (Phi) is 2.42. The summed E-state index contributed by atoms with van der Waals surface area (Å²) < 4.78 is 1.39. The van der Waals surface area contributed by atoms with E-state index in [4.69, 9.17) is 5.11 Å². The van der Waals surface area contributed by atoms with Crippen molar-refractivity contribution in [3.63, 3.8) is 0 Å².